The van der Waals surface area contributed by atoms with Gasteiger partial charge in [0.1, 0.15) is 5.82 Å². The molecule has 0 bridgehead atoms. The number of nitrogens with one attached hydrogen (secondary N) is 1. The van der Waals surface area contributed by atoms with Gasteiger partial charge < -0.3 is 10.4 Å². The summed E-state index contributed by atoms with van der Waals surface area (Å²) in [5, 5.41) is 18.3. The van der Waals surface area contributed by atoms with Crippen LogP contribution in [0.5, 0.6) is 0 Å². The van der Waals surface area contributed by atoms with E-state index < -0.39 is 5.82 Å². The molecule has 2 aromatic carbocycles. The van der Waals surface area contributed by atoms with E-state index in [0.717, 1.165) is 18.5 Å². The van der Waals surface area contributed by atoms with Crippen LogP contribution >= 0.6 is 0 Å². The number of carbonyl (C=O) groups excluding carboxylic acids is 1. The summed E-state index contributed by atoms with van der Waals surface area (Å²) >= 11 is 0. The van der Waals surface area contributed by atoms with Crippen molar-refractivity contribution < 1.29 is 19.1 Å². The molecule has 0 saturated carbocycles. The number of hydrogen-bond acceptors (Lipinski definition) is 4. The molecule has 1 aromatic heterocycles. The summed E-state index contributed by atoms with van der Waals surface area (Å²) < 4.78 is 14.2. The smallest absolute Gasteiger partial charge is 0.290 e. The van der Waals surface area contributed by atoms with Gasteiger partial charge >= 0.3 is 0 Å². The van der Waals surface area contributed by atoms with Gasteiger partial charge in [-0.25, -0.2) is 4.39 Å². The number of hydrogen-bond donors (Lipinski definition) is 2. The van der Waals surface area contributed by atoms with E-state index in [2.05, 4.69) is 27.6 Å². The first kappa shape index (κ1) is 22.1. The van der Waals surface area contributed by atoms with Crippen molar-refractivity contribution in [1.82, 2.24) is 15.5 Å². The summed E-state index contributed by atoms with van der Waals surface area (Å²) in [5.74, 6) is -0.469. The fraction of sp³-hybridized carbons (Fsp3) is 0.250. The zero-order chi connectivity index (χ0) is 22.4. The largest absolute Gasteiger partial charge is 0.483 e. The Hall–Kier alpha value is -3.61. The second-order valence-corrected chi connectivity index (χ2v) is 7.68. The van der Waals surface area contributed by atoms with E-state index in [-0.39, 0.29) is 24.3 Å². The lowest BCUT2D eigenvalue weighted by atomic mass is 10.0. The van der Waals surface area contributed by atoms with Gasteiger partial charge in [-0.15, -0.1) is 0 Å². The van der Waals surface area contributed by atoms with Crippen molar-refractivity contribution in [2.24, 2.45) is 0 Å². The van der Waals surface area contributed by atoms with Crippen LogP contribution < -0.4 is 5.32 Å². The van der Waals surface area contributed by atoms with Crippen molar-refractivity contribution in [3.63, 3.8) is 0 Å². The number of nitrogens with zero attached hydrogens (tertiary/aromatic N) is 2. The quantitative estimate of drug-likeness (QED) is 0.621. The molecule has 1 aliphatic carbocycles. The first-order chi connectivity index (χ1) is 14.9. The lowest BCUT2D eigenvalue weighted by molar-refractivity contribution is -0.122. The van der Waals surface area contributed by atoms with Gasteiger partial charge in [0.25, 0.3) is 12.4 Å². The Morgan fingerprint density at radius 1 is 1.10 bits per heavy atom. The van der Waals surface area contributed by atoms with Gasteiger partial charge in [0.05, 0.1) is 11.4 Å². The van der Waals surface area contributed by atoms with Crippen molar-refractivity contribution in [2.45, 2.75) is 38.6 Å². The Morgan fingerprint density at radius 3 is 2.29 bits per heavy atom. The third-order valence-corrected chi connectivity index (χ3v) is 5.12. The average Bonchev–Trinajstić information content (AvgIpc) is 3.16. The molecule has 0 fully saturated rings. The van der Waals surface area contributed by atoms with Crippen LogP contribution in [-0.2, 0) is 17.6 Å². The van der Waals surface area contributed by atoms with Crippen LogP contribution in [0.25, 0.3) is 11.3 Å². The molecule has 3 aromatic rings. The summed E-state index contributed by atoms with van der Waals surface area (Å²) in [6.45, 7) is 3.82. The molecule has 0 unspecified atom stereocenters. The molecule has 0 spiro atoms. The molecular weight excluding hydrogens is 397 g/mol. The van der Waals surface area contributed by atoms with E-state index in [4.69, 9.17) is 9.90 Å². The maximum absolute atomic E-state index is 14.2. The molecule has 160 valence electrons. The van der Waals surface area contributed by atoms with E-state index in [1.165, 1.54) is 23.3 Å². The fourth-order valence-corrected chi connectivity index (χ4v) is 3.60. The predicted octanol–water partition coefficient (Wildman–Crippen LogP) is 4.00. The van der Waals surface area contributed by atoms with Crippen LogP contribution in [-0.4, -0.2) is 33.7 Å². The summed E-state index contributed by atoms with van der Waals surface area (Å²) in [6, 6.07) is 16.2. The minimum Gasteiger partial charge on any atom is -0.483 e. The highest BCUT2D eigenvalue weighted by molar-refractivity contribution is 5.95. The molecule has 6 nitrogen and oxygen atoms in total. The van der Waals surface area contributed by atoms with Crippen molar-refractivity contribution in [3.8, 4) is 11.3 Å². The number of carbonyl (C=O) groups is 2. The van der Waals surface area contributed by atoms with Crippen molar-refractivity contribution in [1.29, 1.82) is 0 Å². The number of fused-ring (bicyclic) bond motifs is 1. The molecule has 0 saturated heterocycles. The van der Waals surface area contributed by atoms with E-state index in [0.29, 0.717) is 16.8 Å². The zero-order valence-electron chi connectivity index (χ0n) is 17.4. The zero-order valence-corrected chi connectivity index (χ0v) is 17.4. The predicted molar refractivity (Wildman–Crippen MR) is 115 cm³/mol. The molecule has 1 aliphatic rings. The van der Waals surface area contributed by atoms with E-state index in [9.17, 15) is 9.18 Å². The van der Waals surface area contributed by atoms with Crippen molar-refractivity contribution in [3.05, 3.63) is 82.8 Å². The Bertz CT molecular complexity index is 1040. The third-order valence-electron chi connectivity index (χ3n) is 5.12. The maximum Gasteiger partial charge on any atom is 0.290 e. The first-order valence-corrected chi connectivity index (χ1v) is 10.0. The molecular formula is C24H24FN3O3. The monoisotopic (exact) mass is 421 g/mol. The van der Waals surface area contributed by atoms with Crippen LogP contribution in [0.2, 0.25) is 0 Å². The van der Waals surface area contributed by atoms with E-state index in [1.54, 1.807) is 6.07 Å². The molecule has 2 N–H and O–H groups in total. The van der Waals surface area contributed by atoms with Gasteiger partial charge in [-0.1, -0.05) is 38.1 Å². The molecule has 1 heterocycles. The summed E-state index contributed by atoms with van der Waals surface area (Å²) in [4.78, 5) is 21.1. The summed E-state index contributed by atoms with van der Waals surface area (Å²) in [6.07, 6.45) is 1.60. The van der Waals surface area contributed by atoms with Crippen molar-refractivity contribution >= 4 is 12.4 Å². The molecule has 31 heavy (non-hydrogen) atoms. The van der Waals surface area contributed by atoms with Gasteiger partial charge in [0.15, 0.2) is 0 Å². The standard InChI is InChI=1S/C23H22FN3O.CH2O2/c1-14(2)21-7-8-22(27-26-21)17-9-18(11-19(24)10-17)23(28)25-20-12-15-5-3-4-6-16(15)13-20;2-1-3/h3-11,14,20H,12-13H2,1-2H3,(H,25,28);1H,(H,2,3). The molecule has 0 atom stereocenters. The van der Waals surface area contributed by atoms with Gasteiger partial charge in [0.2, 0.25) is 0 Å². The van der Waals surface area contributed by atoms with E-state index >= 15 is 0 Å². The van der Waals surface area contributed by atoms with Crippen molar-refractivity contribution in [2.75, 3.05) is 0 Å². The fourth-order valence-electron chi connectivity index (χ4n) is 3.60. The van der Waals surface area contributed by atoms with E-state index in [1.807, 2.05) is 38.1 Å². The Balaban J connectivity index is 0.000000858. The highest BCUT2D eigenvalue weighted by Crippen LogP contribution is 2.24. The van der Waals surface area contributed by atoms with Crippen LogP contribution in [0.15, 0.2) is 54.6 Å². The van der Waals surface area contributed by atoms with Gasteiger partial charge in [-0.05, 0) is 60.2 Å². The highest BCUT2D eigenvalue weighted by Gasteiger charge is 2.23. The molecule has 7 heteroatoms. The molecule has 4 rings (SSSR count). The normalized spacial score (nSPS) is 12.6. The van der Waals surface area contributed by atoms with Crippen LogP contribution in [0.3, 0.4) is 0 Å². The molecule has 0 radical (unpaired) electrons. The number of halogens is 1. The number of carboxylic acid groups (broad SMARTS) is 1. The number of amides is 1. The number of rotatable bonds is 4. The molecule has 0 aliphatic heterocycles. The van der Waals surface area contributed by atoms with Crippen LogP contribution in [0.4, 0.5) is 4.39 Å². The maximum atomic E-state index is 14.2. The summed E-state index contributed by atoms with van der Waals surface area (Å²) in [7, 11) is 0. The minimum absolute atomic E-state index is 0.0294. The lowest BCUT2D eigenvalue weighted by Gasteiger charge is -2.13. The minimum atomic E-state index is -0.466. The molecule has 1 amide bonds. The Labute approximate surface area is 180 Å². The highest BCUT2D eigenvalue weighted by atomic mass is 19.1. The topological polar surface area (TPSA) is 92.2 Å². The lowest BCUT2D eigenvalue weighted by Crippen LogP contribution is -2.35. The number of benzene rings is 2. The summed E-state index contributed by atoms with van der Waals surface area (Å²) in [5.41, 5.74) is 4.77. The first-order valence-electron chi connectivity index (χ1n) is 10.0. The SMILES string of the molecule is CC(C)c1ccc(-c2cc(F)cc(C(=O)NC3Cc4ccccc4C3)c2)nn1.O=CO. The Kier molecular flexibility index (Phi) is 7.07. The second-order valence-electron chi connectivity index (χ2n) is 7.68. The second kappa shape index (κ2) is 9.93. The third kappa shape index (κ3) is 5.51. The van der Waals surface area contributed by atoms with Gasteiger partial charge in [-0.2, -0.15) is 10.2 Å². The van der Waals surface area contributed by atoms with Gasteiger partial charge in [0, 0.05) is 17.2 Å². The van der Waals surface area contributed by atoms with Gasteiger partial charge in [-0.3, -0.25) is 9.59 Å². The Morgan fingerprint density at radius 2 is 1.74 bits per heavy atom. The average molecular weight is 421 g/mol. The van der Waals surface area contributed by atoms with Crippen LogP contribution in [0, 0.1) is 5.82 Å². The number of aromatic nitrogens is 2. The van der Waals surface area contributed by atoms with Crippen LogP contribution in [0.1, 0.15) is 46.9 Å².